The highest BCUT2D eigenvalue weighted by atomic mass is 16.2. The van der Waals surface area contributed by atoms with E-state index in [2.05, 4.69) is 15.6 Å². The predicted octanol–water partition coefficient (Wildman–Crippen LogP) is 3.47. The fourth-order valence-electron chi connectivity index (χ4n) is 3.23. The number of aromatic nitrogens is 1. The van der Waals surface area contributed by atoms with Crippen molar-refractivity contribution < 1.29 is 9.59 Å². The van der Waals surface area contributed by atoms with Crippen molar-refractivity contribution in [3.63, 3.8) is 0 Å². The van der Waals surface area contributed by atoms with Crippen molar-refractivity contribution in [2.75, 3.05) is 11.4 Å². The number of nitrogens with one attached hydrogen (secondary N) is 2. The van der Waals surface area contributed by atoms with Crippen LogP contribution in [0.5, 0.6) is 0 Å². The first kappa shape index (κ1) is 18.9. The highest BCUT2D eigenvalue weighted by Crippen LogP contribution is 2.23. The van der Waals surface area contributed by atoms with E-state index in [1.54, 1.807) is 6.20 Å². The van der Waals surface area contributed by atoms with Crippen LogP contribution >= 0.6 is 0 Å². The summed E-state index contributed by atoms with van der Waals surface area (Å²) in [6.45, 7) is 5.08. The van der Waals surface area contributed by atoms with Crippen molar-refractivity contribution in [1.82, 2.24) is 15.6 Å². The van der Waals surface area contributed by atoms with E-state index in [0.717, 1.165) is 41.9 Å². The second kappa shape index (κ2) is 8.66. The maximum absolute atomic E-state index is 12.2. The van der Waals surface area contributed by atoms with E-state index in [-0.39, 0.29) is 18.0 Å². The average molecular weight is 366 g/mol. The van der Waals surface area contributed by atoms with Crippen molar-refractivity contribution >= 4 is 17.6 Å². The summed E-state index contributed by atoms with van der Waals surface area (Å²) in [5.41, 5.74) is 3.83. The van der Waals surface area contributed by atoms with Crippen molar-refractivity contribution in [2.45, 2.75) is 45.7 Å². The Hall–Kier alpha value is -2.89. The molecule has 6 heteroatoms. The number of carbonyl (C=O) groups is 2. The number of piperidine rings is 1. The first-order valence-electron chi connectivity index (χ1n) is 9.40. The lowest BCUT2D eigenvalue weighted by Crippen LogP contribution is -2.37. The first-order valence-corrected chi connectivity index (χ1v) is 9.40. The molecular weight excluding hydrogens is 340 g/mol. The highest BCUT2D eigenvalue weighted by molar-refractivity contribution is 5.93. The van der Waals surface area contributed by atoms with Gasteiger partial charge in [0.15, 0.2) is 0 Å². The minimum Gasteiger partial charge on any atom is -0.334 e. The van der Waals surface area contributed by atoms with Crippen molar-refractivity contribution in [2.24, 2.45) is 0 Å². The number of urea groups is 1. The molecule has 1 fully saturated rings. The number of anilines is 1. The van der Waals surface area contributed by atoms with Gasteiger partial charge in [-0.15, -0.1) is 0 Å². The van der Waals surface area contributed by atoms with Gasteiger partial charge in [0.05, 0.1) is 6.04 Å². The van der Waals surface area contributed by atoms with E-state index in [1.807, 2.05) is 55.1 Å². The minimum atomic E-state index is -0.221. The predicted molar refractivity (Wildman–Crippen MR) is 105 cm³/mol. The molecule has 2 N–H and O–H groups in total. The molecule has 1 aromatic carbocycles. The lowest BCUT2D eigenvalue weighted by atomic mass is 10.1. The molecule has 2 heterocycles. The Bertz CT molecular complexity index is 804. The molecule has 0 bridgehead atoms. The monoisotopic (exact) mass is 366 g/mol. The Labute approximate surface area is 160 Å². The molecule has 0 saturated carbocycles. The molecule has 3 rings (SSSR count). The van der Waals surface area contributed by atoms with Crippen molar-refractivity contribution in [3.05, 3.63) is 59.4 Å². The third kappa shape index (κ3) is 4.84. The molecular formula is C21H26N4O2. The summed E-state index contributed by atoms with van der Waals surface area (Å²) in [5, 5.41) is 5.81. The molecule has 1 aliphatic rings. The van der Waals surface area contributed by atoms with Gasteiger partial charge < -0.3 is 15.5 Å². The van der Waals surface area contributed by atoms with Crippen LogP contribution in [0, 0.1) is 6.92 Å². The summed E-state index contributed by atoms with van der Waals surface area (Å²) < 4.78 is 0. The number of pyridine rings is 1. The fourth-order valence-corrected chi connectivity index (χ4v) is 3.23. The first-order chi connectivity index (χ1) is 13.0. The van der Waals surface area contributed by atoms with Crippen LogP contribution in [-0.4, -0.2) is 23.5 Å². The van der Waals surface area contributed by atoms with E-state index in [1.165, 1.54) is 0 Å². The number of hydrogen-bond acceptors (Lipinski definition) is 3. The normalized spacial score (nSPS) is 15.3. The quantitative estimate of drug-likeness (QED) is 0.851. The van der Waals surface area contributed by atoms with Gasteiger partial charge >= 0.3 is 6.03 Å². The topological polar surface area (TPSA) is 74.3 Å². The van der Waals surface area contributed by atoms with E-state index in [0.29, 0.717) is 13.0 Å². The maximum atomic E-state index is 12.2. The summed E-state index contributed by atoms with van der Waals surface area (Å²) in [7, 11) is 0. The molecule has 6 nitrogen and oxygen atoms in total. The average Bonchev–Trinajstić information content (AvgIpc) is 2.68. The summed E-state index contributed by atoms with van der Waals surface area (Å²) >= 11 is 0. The van der Waals surface area contributed by atoms with Gasteiger partial charge in [-0.2, -0.15) is 0 Å². The van der Waals surface area contributed by atoms with Gasteiger partial charge in [0.25, 0.3) is 0 Å². The molecule has 1 atom stereocenters. The number of rotatable bonds is 5. The number of nitrogens with zero attached hydrogens (tertiary/aromatic N) is 2. The van der Waals surface area contributed by atoms with Crippen molar-refractivity contribution in [1.29, 1.82) is 0 Å². The van der Waals surface area contributed by atoms with Crippen LogP contribution in [0.15, 0.2) is 42.6 Å². The highest BCUT2D eigenvalue weighted by Gasteiger charge is 2.19. The molecule has 1 saturated heterocycles. The van der Waals surface area contributed by atoms with Gasteiger partial charge in [-0.3, -0.25) is 9.78 Å². The van der Waals surface area contributed by atoms with Crippen LogP contribution in [0.3, 0.4) is 0 Å². The number of hydrogen-bond donors (Lipinski definition) is 2. The number of amides is 3. The Morgan fingerprint density at radius 2 is 2.00 bits per heavy atom. The van der Waals surface area contributed by atoms with Gasteiger partial charge in [0, 0.05) is 37.1 Å². The van der Waals surface area contributed by atoms with Crippen molar-refractivity contribution in [3.8, 4) is 0 Å². The van der Waals surface area contributed by atoms with E-state index >= 15 is 0 Å². The third-order valence-electron chi connectivity index (χ3n) is 4.93. The largest absolute Gasteiger partial charge is 0.334 e. The van der Waals surface area contributed by atoms with Gasteiger partial charge in [-0.25, -0.2) is 4.79 Å². The van der Waals surface area contributed by atoms with E-state index in [4.69, 9.17) is 0 Å². The standard InChI is InChI=1S/C21H26N4O2/c1-15-18(6-5-12-22-15)14-23-21(27)24-16(2)17-8-10-19(11-9-17)25-13-4-3-7-20(25)26/h5-6,8-12,16H,3-4,7,13-14H2,1-2H3,(H2,23,24,27). The smallest absolute Gasteiger partial charge is 0.315 e. The zero-order valence-electron chi connectivity index (χ0n) is 15.9. The Morgan fingerprint density at radius 3 is 2.70 bits per heavy atom. The molecule has 2 aromatic rings. The SMILES string of the molecule is Cc1ncccc1CNC(=O)NC(C)c1ccc(N2CCCCC2=O)cc1. The molecule has 0 radical (unpaired) electrons. The van der Waals surface area contributed by atoms with Crippen LogP contribution in [0.4, 0.5) is 10.5 Å². The second-order valence-electron chi connectivity index (χ2n) is 6.89. The molecule has 1 aliphatic heterocycles. The summed E-state index contributed by atoms with van der Waals surface area (Å²) in [4.78, 5) is 30.3. The van der Waals surface area contributed by atoms with Gasteiger partial charge in [0.2, 0.25) is 5.91 Å². The van der Waals surface area contributed by atoms with Crippen LogP contribution in [0.1, 0.15) is 49.0 Å². The zero-order valence-corrected chi connectivity index (χ0v) is 15.9. The summed E-state index contributed by atoms with van der Waals surface area (Å²) in [6.07, 6.45) is 4.38. The summed E-state index contributed by atoms with van der Waals surface area (Å²) in [6, 6.07) is 11.3. The second-order valence-corrected chi connectivity index (χ2v) is 6.89. The lowest BCUT2D eigenvalue weighted by Gasteiger charge is -2.27. The van der Waals surface area contributed by atoms with Gasteiger partial charge in [-0.1, -0.05) is 18.2 Å². The third-order valence-corrected chi connectivity index (χ3v) is 4.93. The molecule has 3 amide bonds. The van der Waals surface area contributed by atoms with Crippen LogP contribution < -0.4 is 15.5 Å². The van der Waals surface area contributed by atoms with Gasteiger partial charge in [-0.05, 0) is 56.0 Å². The van der Waals surface area contributed by atoms with Crippen LogP contribution in [0.2, 0.25) is 0 Å². The molecule has 142 valence electrons. The molecule has 1 aromatic heterocycles. The van der Waals surface area contributed by atoms with Crippen LogP contribution in [0.25, 0.3) is 0 Å². The molecule has 0 spiro atoms. The Balaban J connectivity index is 1.54. The zero-order chi connectivity index (χ0) is 19.2. The molecule has 0 aliphatic carbocycles. The Kier molecular flexibility index (Phi) is 6.06. The fraction of sp³-hybridized carbons (Fsp3) is 0.381. The minimum absolute atomic E-state index is 0.133. The lowest BCUT2D eigenvalue weighted by molar-refractivity contribution is -0.119. The number of benzene rings is 1. The molecule has 1 unspecified atom stereocenters. The maximum Gasteiger partial charge on any atom is 0.315 e. The van der Waals surface area contributed by atoms with E-state index < -0.39 is 0 Å². The van der Waals surface area contributed by atoms with Gasteiger partial charge in [0.1, 0.15) is 0 Å². The molecule has 27 heavy (non-hydrogen) atoms. The Morgan fingerprint density at radius 1 is 1.22 bits per heavy atom. The number of aryl methyl sites for hydroxylation is 1. The summed E-state index contributed by atoms with van der Waals surface area (Å²) in [5.74, 6) is 0.185. The number of carbonyl (C=O) groups excluding carboxylic acids is 2. The van der Waals surface area contributed by atoms with E-state index in [9.17, 15) is 9.59 Å². The van der Waals surface area contributed by atoms with Crippen LogP contribution in [-0.2, 0) is 11.3 Å².